The summed E-state index contributed by atoms with van der Waals surface area (Å²) in [5, 5.41) is 2.20. The molecule has 1 aromatic heterocycles. The number of carbonyl (C=O) groups is 2. The highest BCUT2D eigenvalue weighted by atomic mass is 16.4. The summed E-state index contributed by atoms with van der Waals surface area (Å²) in [6, 6.07) is -0.728. The van der Waals surface area contributed by atoms with Crippen molar-refractivity contribution in [3.05, 3.63) is 17.8 Å². The summed E-state index contributed by atoms with van der Waals surface area (Å²) in [7, 11) is 0. The number of nitrogens with one attached hydrogen (secondary N) is 1. The molecule has 0 aliphatic carbocycles. The Labute approximate surface area is 86.3 Å². The number of carbonyl (C=O) groups excluding carboxylic acids is 2. The molecule has 1 saturated heterocycles. The molecule has 0 spiro atoms. The standard InChI is InChI=1S/C9H11N3O3/c1-5-3-10-8(15-5)6(2)12-4-7(13)11-9(12)14/h3,6H,4H2,1-2H3,(H,11,13,14). The molecule has 2 heterocycles. The number of oxazole rings is 1. The van der Waals surface area contributed by atoms with E-state index in [-0.39, 0.29) is 18.5 Å². The second kappa shape index (κ2) is 3.38. The van der Waals surface area contributed by atoms with Crippen LogP contribution in [0.15, 0.2) is 10.6 Å². The molecule has 15 heavy (non-hydrogen) atoms. The number of hydrogen-bond donors (Lipinski definition) is 1. The third-order valence-electron chi connectivity index (χ3n) is 2.29. The minimum absolute atomic E-state index is 0.0570. The van der Waals surface area contributed by atoms with Crippen LogP contribution in [0.25, 0.3) is 0 Å². The Kier molecular flexibility index (Phi) is 2.18. The first-order valence-corrected chi connectivity index (χ1v) is 4.60. The fourth-order valence-corrected chi connectivity index (χ4v) is 1.47. The molecule has 3 amide bonds. The third kappa shape index (κ3) is 1.70. The topological polar surface area (TPSA) is 75.4 Å². The van der Waals surface area contributed by atoms with E-state index in [4.69, 9.17) is 4.42 Å². The van der Waals surface area contributed by atoms with E-state index in [0.29, 0.717) is 11.7 Å². The first-order valence-electron chi connectivity index (χ1n) is 4.60. The van der Waals surface area contributed by atoms with Crippen LogP contribution in [0.5, 0.6) is 0 Å². The summed E-state index contributed by atoms with van der Waals surface area (Å²) < 4.78 is 5.30. The van der Waals surface area contributed by atoms with Gasteiger partial charge in [-0.3, -0.25) is 10.1 Å². The Morgan fingerprint density at radius 3 is 2.80 bits per heavy atom. The van der Waals surface area contributed by atoms with Crippen LogP contribution in [-0.4, -0.2) is 28.4 Å². The quantitative estimate of drug-likeness (QED) is 0.723. The molecule has 0 bridgehead atoms. The van der Waals surface area contributed by atoms with Crippen LogP contribution < -0.4 is 5.32 Å². The van der Waals surface area contributed by atoms with Gasteiger partial charge in [0.2, 0.25) is 11.8 Å². The summed E-state index contributed by atoms with van der Waals surface area (Å²) in [5.74, 6) is 0.829. The van der Waals surface area contributed by atoms with Crippen molar-refractivity contribution >= 4 is 11.9 Å². The molecular weight excluding hydrogens is 198 g/mol. The lowest BCUT2D eigenvalue weighted by atomic mass is 10.3. The maximum Gasteiger partial charge on any atom is 0.325 e. The van der Waals surface area contributed by atoms with Gasteiger partial charge in [-0.15, -0.1) is 0 Å². The van der Waals surface area contributed by atoms with E-state index in [9.17, 15) is 9.59 Å². The zero-order valence-corrected chi connectivity index (χ0v) is 8.48. The van der Waals surface area contributed by atoms with Gasteiger partial charge in [-0.25, -0.2) is 9.78 Å². The van der Waals surface area contributed by atoms with Crippen molar-refractivity contribution in [2.45, 2.75) is 19.9 Å². The van der Waals surface area contributed by atoms with Gasteiger partial charge in [0.15, 0.2) is 0 Å². The maximum absolute atomic E-state index is 11.3. The highest BCUT2D eigenvalue weighted by Crippen LogP contribution is 2.21. The monoisotopic (exact) mass is 209 g/mol. The number of nitrogens with zero attached hydrogens (tertiary/aromatic N) is 2. The summed E-state index contributed by atoms with van der Waals surface area (Å²) in [6.07, 6.45) is 1.58. The average Bonchev–Trinajstić information content (AvgIpc) is 2.71. The number of urea groups is 1. The number of amides is 3. The van der Waals surface area contributed by atoms with Crippen molar-refractivity contribution in [3.8, 4) is 0 Å². The van der Waals surface area contributed by atoms with Crippen molar-refractivity contribution in [1.82, 2.24) is 15.2 Å². The maximum atomic E-state index is 11.3. The third-order valence-corrected chi connectivity index (χ3v) is 2.29. The number of imide groups is 1. The molecule has 80 valence electrons. The number of hydrogen-bond acceptors (Lipinski definition) is 4. The molecule has 6 nitrogen and oxygen atoms in total. The van der Waals surface area contributed by atoms with Gasteiger partial charge in [0, 0.05) is 0 Å². The fourth-order valence-electron chi connectivity index (χ4n) is 1.47. The molecule has 6 heteroatoms. The lowest BCUT2D eigenvalue weighted by molar-refractivity contribution is -0.118. The van der Waals surface area contributed by atoms with Crippen LogP contribution in [-0.2, 0) is 4.79 Å². The molecule has 0 saturated carbocycles. The van der Waals surface area contributed by atoms with Crippen LogP contribution in [0.4, 0.5) is 4.79 Å². The van der Waals surface area contributed by atoms with Crippen molar-refractivity contribution in [2.24, 2.45) is 0 Å². The summed E-state index contributed by atoms with van der Waals surface area (Å²) in [4.78, 5) is 27.7. The second-order valence-electron chi connectivity index (χ2n) is 3.47. The van der Waals surface area contributed by atoms with Crippen LogP contribution in [0.1, 0.15) is 24.6 Å². The molecule has 1 fully saturated rings. The largest absolute Gasteiger partial charge is 0.444 e. The molecule has 1 N–H and O–H groups in total. The lowest BCUT2D eigenvalue weighted by Gasteiger charge is -2.18. The molecule has 1 aromatic rings. The second-order valence-corrected chi connectivity index (χ2v) is 3.47. The Bertz CT molecular complexity index is 412. The van der Waals surface area contributed by atoms with Gasteiger partial charge >= 0.3 is 6.03 Å². The zero-order valence-electron chi connectivity index (χ0n) is 8.48. The van der Waals surface area contributed by atoms with Gasteiger partial charge in [0.1, 0.15) is 18.3 Å². The first kappa shape index (κ1) is 9.70. The molecule has 1 unspecified atom stereocenters. The average molecular weight is 209 g/mol. The minimum atomic E-state index is -0.400. The van der Waals surface area contributed by atoms with Crippen LogP contribution in [0, 0.1) is 6.92 Å². The predicted octanol–water partition coefficient (Wildman–Crippen LogP) is 0.596. The van der Waals surface area contributed by atoms with E-state index in [1.807, 2.05) is 0 Å². The van der Waals surface area contributed by atoms with E-state index in [1.165, 1.54) is 4.90 Å². The van der Waals surface area contributed by atoms with Crippen molar-refractivity contribution < 1.29 is 14.0 Å². The molecule has 0 radical (unpaired) electrons. The van der Waals surface area contributed by atoms with E-state index in [1.54, 1.807) is 20.0 Å². The van der Waals surface area contributed by atoms with Gasteiger partial charge in [-0.1, -0.05) is 0 Å². The van der Waals surface area contributed by atoms with E-state index < -0.39 is 6.03 Å². The molecule has 1 aliphatic rings. The Morgan fingerprint density at radius 1 is 1.60 bits per heavy atom. The normalized spacial score (nSPS) is 18.1. The van der Waals surface area contributed by atoms with Gasteiger partial charge in [-0.05, 0) is 13.8 Å². The number of aryl methyl sites for hydroxylation is 1. The summed E-state index contributed by atoms with van der Waals surface area (Å²) >= 11 is 0. The van der Waals surface area contributed by atoms with Crippen LogP contribution in [0.2, 0.25) is 0 Å². The van der Waals surface area contributed by atoms with Gasteiger partial charge in [0.05, 0.1) is 6.20 Å². The Morgan fingerprint density at radius 2 is 2.33 bits per heavy atom. The summed E-state index contributed by atoms with van der Waals surface area (Å²) in [5.41, 5.74) is 0. The molecule has 2 rings (SSSR count). The molecular formula is C9H11N3O3. The zero-order chi connectivity index (χ0) is 11.0. The van der Waals surface area contributed by atoms with Gasteiger partial charge in [0.25, 0.3) is 0 Å². The molecule has 0 aromatic carbocycles. The predicted molar refractivity (Wildman–Crippen MR) is 49.9 cm³/mol. The van der Waals surface area contributed by atoms with Crippen molar-refractivity contribution in [1.29, 1.82) is 0 Å². The van der Waals surface area contributed by atoms with Gasteiger partial charge < -0.3 is 9.32 Å². The van der Waals surface area contributed by atoms with Crippen LogP contribution >= 0.6 is 0 Å². The molecule has 1 aliphatic heterocycles. The van der Waals surface area contributed by atoms with Crippen molar-refractivity contribution in [3.63, 3.8) is 0 Å². The number of rotatable bonds is 2. The van der Waals surface area contributed by atoms with E-state index in [0.717, 1.165) is 0 Å². The summed E-state index contributed by atoms with van der Waals surface area (Å²) in [6.45, 7) is 3.60. The minimum Gasteiger partial charge on any atom is -0.444 e. The Balaban J connectivity index is 2.18. The van der Waals surface area contributed by atoms with Crippen LogP contribution in [0.3, 0.4) is 0 Å². The Hall–Kier alpha value is -1.85. The first-order chi connectivity index (χ1) is 7.08. The fraction of sp³-hybridized carbons (Fsp3) is 0.444. The van der Waals surface area contributed by atoms with E-state index >= 15 is 0 Å². The SMILES string of the molecule is Cc1cnc(C(C)N2CC(=O)NC2=O)o1. The smallest absolute Gasteiger partial charge is 0.325 e. The highest BCUT2D eigenvalue weighted by molar-refractivity contribution is 6.02. The highest BCUT2D eigenvalue weighted by Gasteiger charge is 2.33. The number of aromatic nitrogens is 1. The molecule has 1 atom stereocenters. The van der Waals surface area contributed by atoms with Crippen molar-refractivity contribution in [2.75, 3.05) is 6.54 Å². The van der Waals surface area contributed by atoms with Gasteiger partial charge in [-0.2, -0.15) is 0 Å². The van der Waals surface area contributed by atoms with E-state index in [2.05, 4.69) is 10.3 Å². The lowest BCUT2D eigenvalue weighted by Crippen LogP contribution is -2.30.